The van der Waals surface area contributed by atoms with E-state index in [9.17, 15) is 0 Å². The summed E-state index contributed by atoms with van der Waals surface area (Å²) in [6, 6.07) is 32.0. The van der Waals surface area contributed by atoms with Crippen molar-refractivity contribution in [3.05, 3.63) is 129 Å². The van der Waals surface area contributed by atoms with Gasteiger partial charge in [0.1, 0.15) is 0 Å². The maximum absolute atomic E-state index is 4.93. The molecule has 0 amide bonds. The summed E-state index contributed by atoms with van der Waals surface area (Å²) in [7, 11) is 11.0. The van der Waals surface area contributed by atoms with Crippen LogP contribution in [0.15, 0.2) is 84.9 Å². The molecular weight excluding hydrogens is 743 g/mol. The van der Waals surface area contributed by atoms with Crippen molar-refractivity contribution < 1.29 is 20.8 Å². The summed E-state index contributed by atoms with van der Waals surface area (Å²) in [4.78, 5) is 0. The van der Waals surface area contributed by atoms with E-state index in [-0.39, 0.29) is 10.8 Å². The van der Waals surface area contributed by atoms with Gasteiger partial charge in [-0.2, -0.15) is 12.1 Å². The van der Waals surface area contributed by atoms with Crippen molar-refractivity contribution in [1.29, 1.82) is 0 Å². The Labute approximate surface area is 325 Å². The van der Waals surface area contributed by atoms with Gasteiger partial charge < -0.3 is 0 Å². The second-order valence-electron chi connectivity index (χ2n) is 15.7. The quantitative estimate of drug-likeness (QED) is 0.121. The molecule has 0 atom stereocenters. The summed E-state index contributed by atoms with van der Waals surface area (Å²) < 4.78 is 0. The molecule has 0 nitrogen and oxygen atoms in total. The van der Waals surface area contributed by atoms with Crippen LogP contribution >= 0.6 is 17.0 Å². The van der Waals surface area contributed by atoms with Crippen LogP contribution in [-0.4, -0.2) is 9.52 Å². The first-order valence-electron chi connectivity index (χ1n) is 17.5. The summed E-state index contributed by atoms with van der Waals surface area (Å²) >= 11 is -0.826. The van der Waals surface area contributed by atoms with Crippen LogP contribution in [0.2, 0.25) is 13.1 Å². The van der Waals surface area contributed by atoms with E-state index in [1.54, 1.807) is 0 Å². The van der Waals surface area contributed by atoms with E-state index in [4.69, 9.17) is 17.0 Å². The van der Waals surface area contributed by atoms with E-state index in [2.05, 4.69) is 181 Å². The molecule has 0 N–H and O–H groups in total. The number of hydrogen-bond donors (Lipinski definition) is 0. The molecule has 262 valence electrons. The molecule has 0 unspecified atom stereocenters. The van der Waals surface area contributed by atoms with Crippen LogP contribution in [0.25, 0.3) is 43.8 Å². The van der Waals surface area contributed by atoms with E-state index in [1.165, 1.54) is 88.3 Å². The molecule has 0 heterocycles. The van der Waals surface area contributed by atoms with Gasteiger partial charge in [-0.1, -0.05) is 113 Å². The molecule has 6 aromatic carbocycles. The van der Waals surface area contributed by atoms with Crippen molar-refractivity contribution in [2.24, 2.45) is 0 Å². The number of halogens is 2. The second kappa shape index (κ2) is 18.0. The van der Waals surface area contributed by atoms with Crippen molar-refractivity contribution >= 4 is 48.1 Å². The first-order chi connectivity index (χ1) is 23.4. The van der Waals surface area contributed by atoms with Crippen molar-refractivity contribution in [2.45, 2.75) is 107 Å². The van der Waals surface area contributed by atoms with Gasteiger partial charge in [0, 0.05) is 9.52 Å². The summed E-state index contributed by atoms with van der Waals surface area (Å²) in [5.41, 5.74) is 16.8. The van der Waals surface area contributed by atoms with Gasteiger partial charge in [0.15, 0.2) is 0 Å². The van der Waals surface area contributed by atoms with Gasteiger partial charge in [-0.25, -0.2) is 0 Å². The Morgan fingerprint density at radius 2 is 0.840 bits per heavy atom. The normalized spacial score (nSPS) is 11.2. The first kappa shape index (κ1) is 42.2. The molecule has 0 saturated carbocycles. The average Bonchev–Trinajstić information content (AvgIpc) is 3.67. The molecule has 0 aliphatic carbocycles. The van der Waals surface area contributed by atoms with Crippen molar-refractivity contribution in [1.82, 2.24) is 0 Å². The monoisotopic (exact) mass is 796 g/mol. The van der Waals surface area contributed by atoms with Crippen LogP contribution in [0.4, 0.5) is 0 Å². The molecular formula is C46H56Cl2SiZr. The third-order valence-electron chi connectivity index (χ3n) is 9.44. The summed E-state index contributed by atoms with van der Waals surface area (Å²) in [5.74, 6) is 0. The fourth-order valence-electron chi connectivity index (χ4n) is 6.44. The van der Waals surface area contributed by atoms with Gasteiger partial charge in [-0.05, 0) is 85.8 Å². The van der Waals surface area contributed by atoms with E-state index in [0.29, 0.717) is 0 Å². The zero-order chi connectivity index (χ0) is 37.6. The zero-order valence-corrected chi connectivity index (χ0v) is 37.8. The van der Waals surface area contributed by atoms with Crippen LogP contribution in [0, 0.1) is 41.5 Å². The van der Waals surface area contributed by atoms with E-state index < -0.39 is 20.8 Å². The zero-order valence-electron chi connectivity index (χ0n) is 32.8. The predicted molar refractivity (Wildman–Crippen MR) is 225 cm³/mol. The molecule has 2 radical (unpaired) electrons. The molecule has 0 aromatic heterocycles. The molecule has 0 spiro atoms. The average molecular weight is 799 g/mol. The van der Waals surface area contributed by atoms with Crippen molar-refractivity contribution in [3.8, 4) is 22.3 Å². The molecule has 0 fully saturated rings. The molecule has 0 aliphatic heterocycles. The Hall–Kier alpha value is -2.22. The molecule has 6 rings (SSSR count). The minimum atomic E-state index is -0.826. The van der Waals surface area contributed by atoms with Crippen molar-refractivity contribution in [3.63, 3.8) is 0 Å². The number of benzene rings is 4. The molecule has 6 aromatic rings. The molecule has 0 aliphatic rings. The molecule has 0 bridgehead atoms. The van der Waals surface area contributed by atoms with Crippen LogP contribution in [-0.2, 0) is 31.7 Å². The summed E-state index contributed by atoms with van der Waals surface area (Å²) in [6.07, 6.45) is 0. The molecule has 4 heteroatoms. The third kappa shape index (κ3) is 10.4. The standard InChI is InChI=1S/2C22H25.C2H6Si.2ClH.Zr/c2*1-14-10-15(2)16(3)20(11-14)19-9-7-8-17-12-18(13-21(17)19)22(4,5)6;1-3-2;;;/h2*7-13H,1-6H3;1-2H3;2*1H;/q2*-1;;;;+4/p-2. The summed E-state index contributed by atoms with van der Waals surface area (Å²) in [6.45, 7) is 31.2. The van der Waals surface area contributed by atoms with E-state index in [1.807, 2.05) is 0 Å². The Morgan fingerprint density at radius 1 is 0.520 bits per heavy atom. The van der Waals surface area contributed by atoms with Crippen LogP contribution < -0.4 is 0 Å². The van der Waals surface area contributed by atoms with Gasteiger partial charge in [-0.3, -0.25) is 0 Å². The Kier molecular flexibility index (Phi) is 15.2. The van der Waals surface area contributed by atoms with Gasteiger partial charge in [-0.15, -0.1) is 69.1 Å². The fraction of sp³-hybridized carbons (Fsp3) is 0.348. The molecule has 0 saturated heterocycles. The van der Waals surface area contributed by atoms with Gasteiger partial charge in [0.05, 0.1) is 0 Å². The number of aryl methyl sites for hydroxylation is 4. The van der Waals surface area contributed by atoms with E-state index in [0.717, 1.165) is 9.52 Å². The van der Waals surface area contributed by atoms with Gasteiger partial charge in [0.25, 0.3) is 0 Å². The Bertz CT molecular complexity index is 1880. The maximum atomic E-state index is 4.93. The fourth-order valence-corrected chi connectivity index (χ4v) is 6.44. The SMILES string of the molecule is C[Si]C.Cc1cc(C)c(C)c(-c2cccc3[cH-]c(C(C)(C)C)cc23)c1.Cc1cc(C)c(C)c(-c2cccc3[cH-]c(C(C)(C)C)cc23)c1.[Cl][Zr+2][Cl]. The minimum absolute atomic E-state index is 0.188. The van der Waals surface area contributed by atoms with Crippen LogP contribution in [0.1, 0.15) is 86.1 Å². The third-order valence-corrected chi connectivity index (χ3v) is 9.44. The Balaban J connectivity index is 0.000000234. The molecule has 50 heavy (non-hydrogen) atoms. The Morgan fingerprint density at radius 3 is 1.14 bits per heavy atom. The van der Waals surface area contributed by atoms with E-state index >= 15 is 0 Å². The van der Waals surface area contributed by atoms with Crippen LogP contribution in [0.5, 0.6) is 0 Å². The second-order valence-corrected chi connectivity index (χ2v) is 20.4. The van der Waals surface area contributed by atoms with Gasteiger partial charge in [0.2, 0.25) is 0 Å². The summed E-state index contributed by atoms with van der Waals surface area (Å²) in [5, 5.41) is 5.45. The number of hydrogen-bond acceptors (Lipinski definition) is 0. The number of rotatable bonds is 2. The number of fused-ring (bicyclic) bond motifs is 2. The first-order valence-corrected chi connectivity index (χ1v) is 25.8. The topological polar surface area (TPSA) is 0 Å². The van der Waals surface area contributed by atoms with Crippen LogP contribution in [0.3, 0.4) is 0 Å². The predicted octanol–water partition coefficient (Wildman–Crippen LogP) is 15.1. The van der Waals surface area contributed by atoms with Crippen molar-refractivity contribution in [2.75, 3.05) is 0 Å². The van der Waals surface area contributed by atoms with Gasteiger partial charge >= 0.3 is 37.9 Å².